The molecule has 0 fully saturated rings. The van der Waals surface area contributed by atoms with E-state index in [0.29, 0.717) is 25.7 Å². The Kier molecular flexibility index (Phi) is 62.7. The van der Waals surface area contributed by atoms with Crippen LogP contribution in [0, 0.1) is 11.8 Å². The Hall–Kier alpha value is -1.94. The van der Waals surface area contributed by atoms with Crippen molar-refractivity contribution in [3.63, 3.8) is 0 Å². The Morgan fingerprint density at radius 3 is 0.780 bits per heavy atom. The smallest absolute Gasteiger partial charge is 0.462 e. The molecule has 0 aliphatic heterocycles. The molecule has 0 radical (unpaired) electrons. The minimum Gasteiger partial charge on any atom is -0.462 e. The van der Waals surface area contributed by atoms with E-state index in [1.807, 2.05) is 0 Å². The first kappa shape index (κ1) is 89.1. The third kappa shape index (κ3) is 63.9. The average molecular weight is 1340 g/mol. The van der Waals surface area contributed by atoms with Gasteiger partial charge < -0.3 is 33.8 Å². The van der Waals surface area contributed by atoms with E-state index in [-0.39, 0.29) is 25.7 Å². The predicted molar refractivity (Wildman–Crippen MR) is 368 cm³/mol. The standard InChI is InChI=1S/C72H140O17P2/c1-7-11-13-15-17-19-21-22-23-32-38-44-50-56-71(76)88-67(60-82-69(74)54-48-42-36-30-20-18-16-14-12-8-2)62-86-90(78,79)84-58-66(73)59-85-91(80,81)87-63-68(89-72(77)57-51-45-39-33-27-25-29-35-41-47-53-65(6)10-4)61-83-70(75)55-49-43-37-31-26-24-28-34-40-46-52-64(5)9-3/h64-68,73H,7-63H2,1-6H3,(H,78,79)(H,80,81)/t64?,65?,66-,67+,68+/m0/s1. The monoisotopic (exact) mass is 1340 g/mol. The van der Waals surface area contributed by atoms with Gasteiger partial charge in [0.05, 0.1) is 26.4 Å². The van der Waals surface area contributed by atoms with Crippen LogP contribution in [0.3, 0.4) is 0 Å². The summed E-state index contributed by atoms with van der Waals surface area (Å²) in [5.41, 5.74) is 0. The molecule has 4 unspecified atom stereocenters. The molecule has 0 aromatic heterocycles. The number of carbonyl (C=O) groups excluding carboxylic acids is 4. The van der Waals surface area contributed by atoms with E-state index in [1.165, 1.54) is 186 Å². The Morgan fingerprint density at radius 2 is 0.527 bits per heavy atom. The lowest BCUT2D eigenvalue weighted by atomic mass is 9.99. The van der Waals surface area contributed by atoms with Crippen molar-refractivity contribution in [2.75, 3.05) is 39.6 Å². The normalized spacial score (nSPS) is 14.7. The second-order valence-corrected chi connectivity index (χ2v) is 29.4. The summed E-state index contributed by atoms with van der Waals surface area (Å²) in [5, 5.41) is 10.6. The largest absolute Gasteiger partial charge is 0.472 e. The van der Waals surface area contributed by atoms with Crippen LogP contribution in [-0.2, 0) is 65.4 Å². The van der Waals surface area contributed by atoms with Gasteiger partial charge >= 0.3 is 39.5 Å². The van der Waals surface area contributed by atoms with Crippen molar-refractivity contribution < 1.29 is 80.2 Å². The third-order valence-electron chi connectivity index (χ3n) is 17.4. The van der Waals surface area contributed by atoms with Crippen molar-refractivity contribution in [3.8, 4) is 0 Å². The van der Waals surface area contributed by atoms with Crippen LogP contribution < -0.4 is 0 Å². The second-order valence-electron chi connectivity index (χ2n) is 26.5. The first-order valence-corrected chi connectivity index (χ1v) is 40.6. The van der Waals surface area contributed by atoms with E-state index in [2.05, 4.69) is 41.5 Å². The molecular weight excluding hydrogens is 1200 g/mol. The van der Waals surface area contributed by atoms with Gasteiger partial charge in [0.2, 0.25) is 0 Å². The molecule has 17 nitrogen and oxygen atoms in total. The maximum absolute atomic E-state index is 13.0. The molecule has 7 atom stereocenters. The molecule has 91 heavy (non-hydrogen) atoms. The number of aliphatic hydroxyl groups is 1. The van der Waals surface area contributed by atoms with Crippen LogP contribution in [-0.4, -0.2) is 96.7 Å². The zero-order valence-corrected chi connectivity index (χ0v) is 60.9. The van der Waals surface area contributed by atoms with Crippen LogP contribution in [0.2, 0.25) is 0 Å². The van der Waals surface area contributed by atoms with Gasteiger partial charge in [0.15, 0.2) is 12.2 Å². The van der Waals surface area contributed by atoms with Gasteiger partial charge in [-0.05, 0) is 37.5 Å². The Labute approximate surface area is 556 Å². The molecule has 0 saturated heterocycles. The topological polar surface area (TPSA) is 237 Å². The number of phosphoric ester groups is 2. The van der Waals surface area contributed by atoms with Crippen LogP contribution in [0.15, 0.2) is 0 Å². The molecule has 0 aliphatic carbocycles. The predicted octanol–water partition coefficient (Wildman–Crippen LogP) is 20.8. The fraction of sp³-hybridized carbons (Fsp3) is 0.944. The number of hydrogen-bond donors (Lipinski definition) is 3. The molecule has 540 valence electrons. The average Bonchev–Trinajstić information content (AvgIpc) is 3.39. The van der Waals surface area contributed by atoms with Gasteiger partial charge in [-0.15, -0.1) is 0 Å². The zero-order chi connectivity index (χ0) is 67.2. The van der Waals surface area contributed by atoms with Crippen LogP contribution in [0.1, 0.15) is 369 Å². The first-order chi connectivity index (χ1) is 43.9. The number of carbonyl (C=O) groups is 4. The SMILES string of the molecule is CCCCCCCCCCCCCCCC(=O)O[C@H](COC(=O)CCCCCCCCCCCC)COP(=O)(O)OC[C@H](O)COP(=O)(O)OC[C@@H](COC(=O)CCCCCCCCCCCCC(C)CC)OC(=O)CCCCCCCCCCCCC(C)CC. The molecule has 0 aliphatic rings. The number of phosphoric acid groups is 2. The van der Waals surface area contributed by atoms with Gasteiger partial charge in [0, 0.05) is 25.7 Å². The second kappa shape index (κ2) is 64.1. The van der Waals surface area contributed by atoms with Gasteiger partial charge in [-0.1, -0.05) is 318 Å². The lowest BCUT2D eigenvalue weighted by molar-refractivity contribution is -0.161. The zero-order valence-electron chi connectivity index (χ0n) is 59.1. The Bertz CT molecular complexity index is 1770. The molecule has 19 heteroatoms. The number of ether oxygens (including phenoxy) is 4. The number of rotatable bonds is 71. The summed E-state index contributed by atoms with van der Waals surface area (Å²) >= 11 is 0. The maximum Gasteiger partial charge on any atom is 0.472 e. The van der Waals surface area contributed by atoms with Gasteiger partial charge in [-0.3, -0.25) is 37.3 Å². The quantitative estimate of drug-likeness (QED) is 0.0222. The Morgan fingerprint density at radius 1 is 0.308 bits per heavy atom. The number of hydrogen-bond acceptors (Lipinski definition) is 15. The number of esters is 4. The molecule has 0 aromatic carbocycles. The lowest BCUT2D eigenvalue weighted by Crippen LogP contribution is -2.30. The highest BCUT2D eigenvalue weighted by atomic mass is 31.2. The van der Waals surface area contributed by atoms with Crippen LogP contribution in [0.5, 0.6) is 0 Å². The highest BCUT2D eigenvalue weighted by Crippen LogP contribution is 2.45. The number of unbranched alkanes of at least 4 members (excludes halogenated alkanes) is 39. The third-order valence-corrected chi connectivity index (χ3v) is 19.3. The fourth-order valence-electron chi connectivity index (χ4n) is 10.9. The van der Waals surface area contributed by atoms with Crippen LogP contribution in [0.25, 0.3) is 0 Å². The summed E-state index contributed by atoms with van der Waals surface area (Å²) in [6, 6.07) is 0. The van der Waals surface area contributed by atoms with Crippen molar-refractivity contribution in [2.24, 2.45) is 11.8 Å². The summed E-state index contributed by atoms with van der Waals surface area (Å²) < 4.78 is 68.4. The van der Waals surface area contributed by atoms with E-state index in [0.717, 1.165) is 102 Å². The summed E-state index contributed by atoms with van der Waals surface area (Å²) in [5.74, 6) is -0.507. The molecule has 0 aromatic rings. The molecular formula is C72H140O17P2. The van der Waals surface area contributed by atoms with Crippen molar-refractivity contribution in [1.29, 1.82) is 0 Å². The minimum absolute atomic E-state index is 0.106. The molecule has 0 saturated carbocycles. The summed E-state index contributed by atoms with van der Waals surface area (Å²) in [6.07, 6.45) is 49.6. The molecule has 0 rings (SSSR count). The summed E-state index contributed by atoms with van der Waals surface area (Å²) in [6.45, 7) is 9.62. The fourth-order valence-corrected chi connectivity index (χ4v) is 12.5. The Balaban J connectivity index is 5.26. The molecule has 0 heterocycles. The highest BCUT2D eigenvalue weighted by Gasteiger charge is 2.30. The van der Waals surface area contributed by atoms with Gasteiger partial charge in [0.25, 0.3) is 0 Å². The molecule has 3 N–H and O–H groups in total. The van der Waals surface area contributed by atoms with E-state index >= 15 is 0 Å². The van der Waals surface area contributed by atoms with Gasteiger partial charge in [-0.25, -0.2) is 9.13 Å². The first-order valence-electron chi connectivity index (χ1n) is 37.6. The van der Waals surface area contributed by atoms with E-state index in [9.17, 15) is 43.2 Å². The summed E-state index contributed by atoms with van der Waals surface area (Å²) in [7, 11) is -9.90. The molecule has 0 bridgehead atoms. The van der Waals surface area contributed by atoms with Gasteiger partial charge in [-0.2, -0.15) is 0 Å². The lowest BCUT2D eigenvalue weighted by Gasteiger charge is -2.21. The van der Waals surface area contributed by atoms with Crippen molar-refractivity contribution in [1.82, 2.24) is 0 Å². The minimum atomic E-state index is -4.95. The highest BCUT2D eigenvalue weighted by molar-refractivity contribution is 7.47. The van der Waals surface area contributed by atoms with Crippen LogP contribution >= 0.6 is 15.6 Å². The van der Waals surface area contributed by atoms with Gasteiger partial charge in [0.1, 0.15) is 19.3 Å². The number of aliphatic hydroxyl groups excluding tert-OH is 1. The van der Waals surface area contributed by atoms with Crippen molar-refractivity contribution in [3.05, 3.63) is 0 Å². The van der Waals surface area contributed by atoms with E-state index in [4.69, 9.17) is 37.0 Å². The van der Waals surface area contributed by atoms with Crippen LogP contribution in [0.4, 0.5) is 0 Å². The van der Waals surface area contributed by atoms with E-state index in [1.54, 1.807) is 0 Å². The summed E-state index contributed by atoms with van der Waals surface area (Å²) in [4.78, 5) is 72.6. The maximum atomic E-state index is 13.0. The molecule has 0 amide bonds. The van der Waals surface area contributed by atoms with Crippen molar-refractivity contribution in [2.45, 2.75) is 387 Å². The van der Waals surface area contributed by atoms with Crippen molar-refractivity contribution >= 4 is 39.5 Å². The molecule has 0 spiro atoms. The van der Waals surface area contributed by atoms with E-state index < -0.39 is 97.5 Å².